The molecule has 0 atom stereocenters. The molecule has 0 radical (unpaired) electrons. The molecule has 2 heterocycles. The second-order valence-corrected chi connectivity index (χ2v) is 5.90. The summed E-state index contributed by atoms with van der Waals surface area (Å²) < 4.78 is 0. The Bertz CT molecular complexity index is 411. The summed E-state index contributed by atoms with van der Waals surface area (Å²) in [6.45, 7) is 6.82. The topological polar surface area (TPSA) is 42.1 Å². The molecule has 1 aliphatic heterocycles. The summed E-state index contributed by atoms with van der Waals surface area (Å²) in [7, 11) is 0. The van der Waals surface area contributed by atoms with Gasteiger partial charge in [0.1, 0.15) is 4.99 Å². The summed E-state index contributed by atoms with van der Waals surface area (Å²) in [6.07, 6.45) is 4.40. The van der Waals surface area contributed by atoms with Crippen LogP contribution in [0.3, 0.4) is 0 Å². The average molecular weight is 249 g/mol. The highest BCUT2D eigenvalue weighted by Gasteiger charge is 2.26. The lowest BCUT2D eigenvalue weighted by atomic mass is 9.84. The summed E-state index contributed by atoms with van der Waals surface area (Å²) >= 11 is 4.90. The lowest BCUT2D eigenvalue weighted by Crippen LogP contribution is -2.40. The monoisotopic (exact) mass is 249 g/mol. The van der Waals surface area contributed by atoms with Crippen LogP contribution in [0.1, 0.15) is 32.4 Å². The van der Waals surface area contributed by atoms with Gasteiger partial charge in [0.05, 0.1) is 17.6 Å². The number of hydrogen-bond acceptors (Lipinski definition) is 3. The van der Waals surface area contributed by atoms with Gasteiger partial charge in [-0.2, -0.15) is 0 Å². The Kier molecular flexibility index (Phi) is 3.33. The first-order chi connectivity index (χ1) is 7.98. The molecule has 0 amide bonds. The van der Waals surface area contributed by atoms with Crippen LogP contribution in [-0.4, -0.2) is 23.1 Å². The van der Waals surface area contributed by atoms with Gasteiger partial charge in [0.15, 0.2) is 0 Å². The highest BCUT2D eigenvalue weighted by molar-refractivity contribution is 7.80. The minimum Gasteiger partial charge on any atom is -0.388 e. The van der Waals surface area contributed by atoms with E-state index in [4.69, 9.17) is 18.0 Å². The number of rotatable bonds is 2. The zero-order valence-corrected chi connectivity index (χ0v) is 11.3. The number of anilines is 1. The van der Waals surface area contributed by atoms with Gasteiger partial charge in [0.25, 0.3) is 0 Å². The molecular formula is C13H19N3S. The summed E-state index contributed by atoms with van der Waals surface area (Å²) in [5.41, 5.74) is 7.79. The van der Waals surface area contributed by atoms with E-state index in [1.54, 1.807) is 0 Å². The van der Waals surface area contributed by atoms with Gasteiger partial charge in [-0.15, -0.1) is 0 Å². The van der Waals surface area contributed by atoms with Gasteiger partial charge >= 0.3 is 0 Å². The van der Waals surface area contributed by atoms with E-state index in [9.17, 15) is 0 Å². The van der Waals surface area contributed by atoms with Crippen LogP contribution in [0.4, 0.5) is 5.69 Å². The molecule has 1 aromatic heterocycles. The third-order valence-electron chi connectivity index (χ3n) is 3.27. The summed E-state index contributed by atoms with van der Waals surface area (Å²) in [5, 5.41) is 0. The van der Waals surface area contributed by atoms with Crippen LogP contribution in [0.2, 0.25) is 0 Å². The smallest absolute Gasteiger partial charge is 0.122 e. The Morgan fingerprint density at radius 1 is 1.47 bits per heavy atom. The van der Waals surface area contributed by atoms with Crippen molar-refractivity contribution in [1.82, 2.24) is 4.98 Å². The molecular weight excluding hydrogens is 230 g/mol. The molecule has 92 valence electrons. The number of hydrogen-bond donors (Lipinski definition) is 1. The van der Waals surface area contributed by atoms with Crippen molar-refractivity contribution >= 4 is 22.9 Å². The van der Waals surface area contributed by atoms with Crippen LogP contribution in [0.5, 0.6) is 0 Å². The number of pyridine rings is 1. The normalized spacial score (nSPS) is 19.1. The Morgan fingerprint density at radius 3 is 2.76 bits per heavy atom. The molecule has 0 saturated carbocycles. The van der Waals surface area contributed by atoms with Crippen LogP contribution in [0.25, 0.3) is 0 Å². The minimum absolute atomic E-state index is 0.357. The lowest BCUT2D eigenvalue weighted by molar-refractivity contribution is 0.293. The molecule has 4 heteroatoms. The summed E-state index contributed by atoms with van der Waals surface area (Å²) in [4.78, 5) is 7.04. The van der Waals surface area contributed by atoms with Crippen molar-refractivity contribution in [3.8, 4) is 0 Å². The molecule has 0 unspecified atom stereocenters. The van der Waals surface area contributed by atoms with Crippen LogP contribution < -0.4 is 10.6 Å². The van der Waals surface area contributed by atoms with Crippen molar-refractivity contribution in [3.63, 3.8) is 0 Å². The van der Waals surface area contributed by atoms with Crippen LogP contribution in [-0.2, 0) is 0 Å². The SMILES string of the molecule is CC1(C)CCCN(c2ccc(C(N)=S)nc2)C1. The standard InChI is InChI=1S/C13H19N3S/c1-13(2)6-3-7-16(9-13)10-4-5-11(12(14)17)15-8-10/h4-5,8H,3,6-7,9H2,1-2H3,(H2,14,17). The maximum Gasteiger partial charge on any atom is 0.122 e. The van der Waals surface area contributed by atoms with E-state index >= 15 is 0 Å². The van der Waals surface area contributed by atoms with Gasteiger partial charge in [-0.3, -0.25) is 4.98 Å². The Balaban J connectivity index is 2.14. The predicted molar refractivity (Wildman–Crippen MR) is 75.4 cm³/mol. The van der Waals surface area contributed by atoms with E-state index in [2.05, 4.69) is 29.8 Å². The van der Waals surface area contributed by atoms with Crippen molar-refractivity contribution in [3.05, 3.63) is 24.0 Å². The molecule has 1 fully saturated rings. The number of thiocarbonyl (C=S) groups is 1. The molecule has 1 aromatic rings. The Labute approximate surface area is 108 Å². The molecule has 3 nitrogen and oxygen atoms in total. The zero-order chi connectivity index (χ0) is 12.5. The Hall–Kier alpha value is -1.16. The molecule has 0 spiro atoms. The second-order valence-electron chi connectivity index (χ2n) is 5.46. The fourth-order valence-corrected chi connectivity index (χ4v) is 2.48. The lowest BCUT2D eigenvalue weighted by Gasteiger charge is -2.39. The van der Waals surface area contributed by atoms with E-state index in [1.807, 2.05) is 12.3 Å². The van der Waals surface area contributed by atoms with E-state index < -0.39 is 0 Å². The van der Waals surface area contributed by atoms with Gasteiger partial charge in [0, 0.05) is 13.1 Å². The quantitative estimate of drug-likeness (QED) is 0.817. The molecule has 2 N–H and O–H groups in total. The third kappa shape index (κ3) is 2.94. The fraction of sp³-hybridized carbons (Fsp3) is 0.538. The molecule has 0 aromatic carbocycles. The third-order valence-corrected chi connectivity index (χ3v) is 3.48. The van der Waals surface area contributed by atoms with E-state index in [-0.39, 0.29) is 0 Å². The van der Waals surface area contributed by atoms with Gasteiger partial charge in [-0.1, -0.05) is 26.1 Å². The first-order valence-electron chi connectivity index (χ1n) is 5.99. The van der Waals surface area contributed by atoms with Crippen molar-refractivity contribution in [2.75, 3.05) is 18.0 Å². The predicted octanol–water partition coefficient (Wildman–Crippen LogP) is 2.34. The van der Waals surface area contributed by atoms with Gasteiger partial charge in [-0.05, 0) is 30.4 Å². The Morgan fingerprint density at radius 2 is 2.24 bits per heavy atom. The van der Waals surface area contributed by atoms with Crippen molar-refractivity contribution < 1.29 is 0 Å². The van der Waals surface area contributed by atoms with Crippen LogP contribution >= 0.6 is 12.2 Å². The maximum atomic E-state index is 5.54. The minimum atomic E-state index is 0.357. The highest BCUT2D eigenvalue weighted by Crippen LogP contribution is 2.31. The van der Waals surface area contributed by atoms with Gasteiger partial charge in [0.2, 0.25) is 0 Å². The second kappa shape index (κ2) is 4.61. The summed E-state index contributed by atoms with van der Waals surface area (Å²) in [6, 6.07) is 3.96. The van der Waals surface area contributed by atoms with Gasteiger partial charge in [-0.25, -0.2) is 0 Å². The van der Waals surface area contributed by atoms with Crippen molar-refractivity contribution in [1.29, 1.82) is 0 Å². The van der Waals surface area contributed by atoms with Gasteiger partial charge < -0.3 is 10.6 Å². The highest BCUT2D eigenvalue weighted by atomic mass is 32.1. The van der Waals surface area contributed by atoms with Crippen molar-refractivity contribution in [2.24, 2.45) is 11.1 Å². The van der Waals surface area contributed by atoms with E-state index in [0.717, 1.165) is 18.8 Å². The molecule has 2 rings (SSSR count). The number of nitrogens with zero attached hydrogens (tertiary/aromatic N) is 2. The first kappa shape index (κ1) is 12.3. The largest absolute Gasteiger partial charge is 0.388 e. The van der Waals surface area contributed by atoms with Crippen LogP contribution in [0, 0.1) is 5.41 Å². The molecule has 0 aliphatic carbocycles. The van der Waals surface area contributed by atoms with E-state index in [1.165, 1.54) is 12.8 Å². The van der Waals surface area contributed by atoms with Crippen molar-refractivity contribution in [2.45, 2.75) is 26.7 Å². The molecule has 1 saturated heterocycles. The number of nitrogens with two attached hydrogens (primary N) is 1. The number of piperidine rings is 1. The number of aromatic nitrogens is 1. The molecule has 1 aliphatic rings. The average Bonchev–Trinajstić information content (AvgIpc) is 2.28. The maximum absolute atomic E-state index is 5.54. The molecule has 17 heavy (non-hydrogen) atoms. The van der Waals surface area contributed by atoms with Crippen LogP contribution in [0.15, 0.2) is 18.3 Å². The summed E-state index contributed by atoms with van der Waals surface area (Å²) in [5.74, 6) is 0. The first-order valence-corrected chi connectivity index (χ1v) is 6.40. The fourth-order valence-electron chi connectivity index (χ4n) is 2.36. The molecule has 0 bridgehead atoms. The van der Waals surface area contributed by atoms with E-state index in [0.29, 0.717) is 16.1 Å². The zero-order valence-electron chi connectivity index (χ0n) is 10.4.